The van der Waals surface area contributed by atoms with E-state index in [1.165, 1.54) is 0 Å². The fourth-order valence-corrected chi connectivity index (χ4v) is 3.35. The summed E-state index contributed by atoms with van der Waals surface area (Å²) in [6.45, 7) is 3.66. The van der Waals surface area contributed by atoms with E-state index in [0.29, 0.717) is 18.7 Å². The van der Waals surface area contributed by atoms with Crippen LogP contribution in [0.3, 0.4) is 0 Å². The van der Waals surface area contributed by atoms with Gasteiger partial charge in [0.15, 0.2) is 0 Å². The number of rotatable bonds is 5. The molecule has 1 aromatic rings. The Balaban J connectivity index is 1.66. The molecule has 0 saturated carbocycles. The molecule has 2 heterocycles. The summed E-state index contributed by atoms with van der Waals surface area (Å²) in [5.74, 6) is 0.0385. The lowest BCUT2D eigenvalue weighted by atomic mass is 10.1. The Labute approximate surface area is 136 Å². The third-order valence-corrected chi connectivity index (χ3v) is 4.45. The number of carbonyl (C=O) groups is 1. The number of nitrogens with zero attached hydrogens (tertiary/aromatic N) is 3. The highest BCUT2D eigenvalue weighted by atomic mass is 16.5. The van der Waals surface area contributed by atoms with E-state index >= 15 is 0 Å². The Kier molecular flexibility index (Phi) is 4.91. The average molecular weight is 315 g/mol. The van der Waals surface area contributed by atoms with Gasteiger partial charge in [-0.1, -0.05) is 12.1 Å². The maximum atomic E-state index is 12.1. The standard InChI is InChI=1S/C17H21N3O3/c1-22-6-5-20-15-10-19(11-16(15)23-12-17(20)21)9-14-4-2-3-13(7-14)8-18/h2-4,7,15-16H,5-6,9-12H2,1H3/t15-,16+/m1/s1. The molecule has 0 N–H and O–H groups in total. The van der Waals surface area contributed by atoms with Crippen molar-refractivity contribution in [1.82, 2.24) is 9.80 Å². The molecule has 6 heteroatoms. The van der Waals surface area contributed by atoms with Gasteiger partial charge in [-0.15, -0.1) is 0 Å². The molecule has 0 unspecified atom stereocenters. The number of hydrogen-bond acceptors (Lipinski definition) is 5. The molecular weight excluding hydrogens is 294 g/mol. The van der Waals surface area contributed by atoms with Crippen molar-refractivity contribution in [2.24, 2.45) is 0 Å². The summed E-state index contributed by atoms with van der Waals surface area (Å²) in [7, 11) is 1.64. The maximum Gasteiger partial charge on any atom is 0.249 e. The number of benzene rings is 1. The number of fused-ring (bicyclic) bond motifs is 1. The van der Waals surface area contributed by atoms with E-state index in [-0.39, 0.29) is 24.7 Å². The SMILES string of the molecule is COCCN1C(=O)CO[C@H]2CN(Cc3cccc(C#N)c3)C[C@H]21. The molecule has 2 saturated heterocycles. The molecule has 6 nitrogen and oxygen atoms in total. The number of methoxy groups -OCH3 is 1. The van der Waals surface area contributed by atoms with Crippen LogP contribution in [-0.4, -0.2) is 67.8 Å². The molecule has 2 fully saturated rings. The summed E-state index contributed by atoms with van der Waals surface area (Å²) >= 11 is 0. The first-order valence-electron chi connectivity index (χ1n) is 7.82. The van der Waals surface area contributed by atoms with E-state index in [1.54, 1.807) is 7.11 Å². The Hall–Kier alpha value is -1.94. The van der Waals surface area contributed by atoms with Gasteiger partial charge in [0.25, 0.3) is 0 Å². The van der Waals surface area contributed by atoms with E-state index in [9.17, 15) is 4.79 Å². The van der Waals surface area contributed by atoms with Gasteiger partial charge in [0.2, 0.25) is 5.91 Å². The predicted octanol–water partition coefficient (Wildman–Crippen LogP) is 0.616. The highest BCUT2D eigenvalue weighted by Crippen LogP contribution is 2.24. The summed E-state index contributed by atoms with van der Waals surface area (Å²) < 4.78 is 10.8. The molecule has 0 radical (unpaired) electrons. The molecule has 0 spiro atoms. The molecular formula is C17H21N3O3. The van der Waals surface area contributed by atoms with Crippen LogP contribution in [0.4, 0.5) is 0 Å². The van der Waals surface area contributed by atoms with Crippen LogP contribution in [0, 0.1) is 11.3 Å². The van der Waals surface area contributed by atoms with E-state index in [1.807, 2.05) is 29.2 Å². The first-order chi connectivity index (χ1) is 11.2. The van der Waals surface area contributed by atoms with Gasteiger partial charge in [-0.3, -0.25) is 9.69 Å². The largest absolute Gasteiger partial charge is 0.383 e. The smallest absolute Gasteiger partial charge is 0.249 e. The van der Waals surface area contributed by atoms with Crippen LogP contribution in [-0.2, 0) is 20.8 Å². The normalized spacial score (nSPS) is 24.5. The average Bonchev–Trinajstić information content (AvgIpc) is 2.97. The molecule has 1 amide bonds. The van der Waals surface area contributed by atoms with E-state index in [2.05, 4.69) is 11.0 Å². The molecule has 0 aromatic heterocycles. The number of ether oxygens (including phenoxy) is 2. The predicted molar refractivity (Wildman–Crippen MR) is 83.6 cm³/mol. The second kappa shape index (κ2) is 7.09. The van der Waals surface area contributed by atoms with Crippen molar-refractivity contribution in [3.63, 3.8) is 0 Å². The summed E-state index contributed by atoms with van der Waals surface area (Å²) in [4.78, 5) is 16.3. The minimum absolute atomic E-state index is 0.0385. The van der Waals surface area contributed by atoms with Gasteiger partial charge in [0.05, 0.1) is 30.4 Å². The van der Waals surface area contributed by atoms with Crippen molar-refractivity contribution in [1.29, 1.82) is 5.26 Å². The third-order valence-electron chi connectivity index (χ3n) is 4.45. The highest BCUT2D eigenvalue weighted by Gasteiger charge is 2.42. The fourth-order valence-electron chi connectivity index (χ4n) is 3.35. The fraction of sp³-hybridized carbons (Fsp3) is 0.529. The second-order valence-electron chi connectivity index (χ2n) is 6.00. The van der Waals surface area contributed by atoms with Gasteiger partial charge in [0, 0.05) is 33.3 Å². The van der Waals surface area contributed by atoms with Crippen molar-refractivity contribution in [3.8, 4) is 6.07 Å². The number of amides is 1. The molecule has 2 aliphatic heterocycles. The monoisotopic (exact) mass is 315 g/mol. The first kappa shape index (κ1) is 15.9. The quantitative estimate of drug-likeness (QED) is 0.797. The molecule has 1 aromatic carbocycles. The van der Waals surface area contributed by atoms with Crippen molar-refractivity contribution < 1.29 is 14.3 Å². The molecule has 0 aliphatic carbocycles. The number of likely N-dealkylation sites (tertiary alicyclic amines) is 1. The number of carbonyl (C=O) groups excluding carboxylic acids is 1. The minimum Gasteiger partial charge on any atom is -0.383 e. The third kappa shape index (κ3) is 3.53. The van der Waals surface area contributed by atoms with Crippen molar-refractivity contribution in [3.05, 3.63) is 35.4 Å². The van der Waals surface area contributed by atoms with Gasteiger partial charge >= 0.3 is 0 Å². The van der Waals surface area contributed by atoms with Crippen LogP contribution >= 0.6 is 0 Å². The van der Waals surface area contributed by atoms with Crippen LogP contribution in [0.2, 0.25) is 0 Å². The first-order valence-corrected chi connectivity index (χ1v) is 7.82. The van der Waals surface area contributed by atoms with Gasteiger partial charge in [-0.05, 0) is 17.7 Å². The van der Waals surface area contributed by atoms with E-state index in [4.69, 9.17) is 14.7 Å². The molecule has 0 bridgehead atoms. The van der Waals surface area contributed by atoms with Gasteiger partial charge in [0.1, 0.15) is 6.61 Å². The zero-order valence-corrected chi connectivity index (χ0v) is 13.3. The molecule has 3 rings (SSSR count). The van der Waals surface area contributed by atoms with E-state index < -0.39 is 0 Å². The lowest BCUT2D eigenvalue weighted by molar-refractivity contribution is -0.153. The molecule has 23 heavy (non-hydrogen) atoms. The summed E-state index contributed by atoms with van der Waals surface area (Å²) in [6.07, 6.45) is 0.0590. The highest BCUT2D eigenvalue weighted by molar-refractivity contribution is 5.78. The van der Waals surface area contributed by atoms with Crippen molar-refractivity contribution in [2.75, 3.05) is 40.0 Å². The minimum atomic E-state index is 0.0385. The van der Waals surface area contributed by atoms with Crippen LogP contribution in [0.15, 0.2) is 24.3 Å². The van der Waals surface area contributed by atoms with Crippen LogP contribution in [0.25, 0.3) is 0 Å². The number of hydrogen-bond donors (Lipinski definition) is 0. The van der Waals surface area contributed by atoms with Gasteiger partial charge < -0.3 is 14.4 Å². The molecule has 2 atom stereocenters. The maximum absolute atomic E-state index is 12.1. The lowest BCUT2D eigenvalue weighted by Gasteiger charge is -2.36. The second-order valence-corrected chi connectivity index (χ2v) is 6.00. The van der Waals surface area contributed by atoms with Crippen molar-refractivity contribution >= 4 is 5.91 Å². The molecule has 122 valence electrons. The molecule has 2 aliphatic rings. The van der Waals surface area contributed by atoms with Crippen LogP contribution in [0.5, 0.6) is 0 Å². The summed E-state index contributed by atoms with van der Waals surface area (Å²) in [5.41, 5.74) is 1.78. The zero-order chi connectivity index (χ0) is 16.2. The number of morpholine rings is 1. The van der Waals surface area contributed by atoms with Gasteiger partial charge in [-0.2, -0.15) is 5.26 Å². The van der Waals surface area contributed by atoms with Crippen LogP contribution < -0.4 is 0 Å². The van der Waals surface area contributed by atoms with Crippen molar-refractivity contribution in [2.45, 2.75) is 18.7 Å². The lowest BCUT2D eigenvalue weighted by Crippen LogP contribution is -2.54. The van der Waals surface area contributed by atoms with Gasteiger partial charge in [-0.25, -0.2) is 0 Å². The Morgan fingerprint density at radius 2 is 2.30 bits per heavy atom. The van der Waals surface area contributed by atoms with E-state index in [0.717, 1.165) is 25.2 Å². The zero-order valence-electron chi connectivity index (χ0n) is 13.3. The summed E-state index contributed by atoms with van der Waals surface area (Å²) in [6, 6.07) is 9.91. The van der Waals surface area contributed by atoms with Crippen LogP contribution in [0.1, 0.15) is 11.1 Å². The summed E-state index contributed by atoms with van der Waals surface area (Å²) in [5, 5.41) is 9.00. The Morgan fingerprint density at radius 3 is 3.09 bits per heavy atom. The number of nitriles is 1. The Morgan fingerprint density at radius 1 is 1.43 bits per heavy atom. The topological polar surface area (TPSA) is 65.8 Å². The Bertz CT molecular complexity index is 613.